The van der Waals surface area contributed by atoms with E-state index in [-0.39, 0.29) is 10.8 Å². The van der Waals surface area contributed by atoms with Gasteiger partial charge in [-0.2, -0.15) is 0 Å². The molecule has 0 aromatic heterocycles. The number of nitrogens with one attached hydrogen (secondary N) is 1. The number of hydrogen-bond acceptors (Lipinski definition) is 4. The van der Waals surface area contributed by atoms with E-state index in [0.717, 1.165) is 13.1 Å². The summed E-state index contributed by atoms with van der Waals surface area (Å²) >= 11 is 0. The Bertz CT molecular complexity index is 593. The summed E-state index contributed by atoms with van der Waals surface area (Å²) < 4.78 is 25.8. The number of nitrogens with zero attached hydrogens (tertiary/aromatic N) is 2. The number of sulfonamides is 1. The van der Waals surface area contributed by atoms with Crippen LogP contribution in [0.3, 0.4) is 0 Å². The van der Waals surface area contributed by atoms with Crippen molar-refractivity contribution in [3.63, 3.8) is 0 Å². The average Bonchev–Trinajstić information content (AvgIpc) is 2.47. The fourth-order valence-electron chi connectivity index (χ4n) is 2.11. The average molecular weight is 297 g/mol. The fourth-order valence-corrected chi connectivity index (χ4v) is 2.88. The van der Waals surface area contributed by atoms with Crippen LogP contribution in [0.25, 0.3) is 0 Å². The first-order chi connectivity index (χ1) is 9.44. The maximum Gasteiger partial charge on any atom is 0.253 e. The van der Waals surface area contributed by atoms with E-state index in [0.29, 0.717) is 18.7 Å². The molecule has 0 aliphatic carbocycles. The van der Waals surface area contributed by atoms with Crippen molar-refractivity contribution in [2.24, 2.45) is 0 Å². The van der Waals surface area contributed by atoms with Gasteiger partial charge in [0.05, 0.1) is 4.90 Å². The molecule has 1 saturated heterocycles. The van der Waals surface area contributed by atoms with Gasteiger partial charge in [-0.1, -0.05) is 6.07 Å². The highest BCUT2D eigenvalue weighted by Gasteiger charge is 2.21. The summed E-state index contributed by atoms with van der Waals surface area (Å²) in [6, 6.07) is 6.14. The van der Waals surface area contributed by atoms with E-state index in [4.69, 9.17) is 0 Å². The first kappa shape index (κ1) is 15.0. The molecule has 0 bridgehead atoms. The third-order valence-corrected chi connectivity index (χ3v) is 4.86. The molecule has 1 aromatic rings. The third kappa shape index (κ3) is 3.17. The van der Waals surface area contributed by atoms with Gasteiger partial charge in [-0.3, -0.25) is 4.79 Å². The topological polar surface area (TPSA) is 69.7 Å². The van der Waals surface area contributed by atoms with Crippen LogP contribution in [-0.2, 0) is 10.0 Å². The minimum Gasteiger partial charge on any atom is -0.336 e. The van der Waals surface area contributed by atoms with E-state index in [2.05, 4.69) is 9.62 Å². The molecule has 1 aliphatic heterocycles. The van der Waals surface area contributed by atoms with Crippen LogP contribution in [0.5, 0.6) is 0 Å². The van der Waals surface area contributed by atoms with Crippen molar-refractivity contribution in [2.75, 3.05) is 40.3 Å². The first-order valence-electron chi connectivity index (χ1n) is 6.45. The number of piperazine rings is 1. The molecule has 1 aromatic carbocycles. The molecule has 0 saturated carbocycles. The lowest BCUT2D eigenvalue weighted by atomic mass is 10.2. The molecular weight excluding hydrogens is 278 g/mol. The Kier molecular flexibility index (Phi) is 4.42. The van der Waals surface area contributed by atoms with Gasteiger partial charge in [0.25, 0.3) is 5.91 Å². The van der Waals surface area contributed by atoms with E-state index in [9.17, 15) is 13.2 Å². The second kappa shape index (κ2) is 5.90. The van der Waals surface area contributed by atoms with E-state index in [1.54, 1.807) is 17.0 Å². The van der Waals surface area contributed by atoms with Crippen molar-refractivity contribution in [2.45, 2.75) is 4.90 Å². The predicted molar refractivity (Wildman–Crippen MR) is 76.1 cm³/mol. The molecule has 2 rings (SSSR count). The van der Waals surface area contributed by atoms with E-state index >= 15 is 0 Å². The molecule has 6 nitrogen and oxygen atoms in total. The summed E-state index contributed by atoms with van der Waals surface area (Å²) in [4.78, 5) is 16.4. The molecular formula is C13H19N3O3S. The Morgan fingerprint density at radius 1 is 1.20 bits per heavy atom. The Hall–Kier alpha value is -1.44. The Balaban J connectivity index is 2.21. The lowest BCUT2D eigenvalue weighted by Gasteiger charge is -2.32. The normalized spacial score (nSPS) is 17.2. The van der Waals surface area contributed by atoms with E-state index in [1.165, 1.54) is 19.2 Å². The van der Waals surface area contributed by atoms with Gasteiger partial charge in [-0.15, -0.1) is 0 Å². The smallest absolute Gasteiger partial charge is 0.253 e. The highest BCUT2D eigenvalue weighted by atomic mass is 32.2. The minimum absolute atomic E-state index is 0.111. The second-order valence-electron chi connectivity index (χ2n) is 4.83. The van der Waals surface area contributed by atoms with Crippen LogP contribution < -0.4 is 4.72 Å². The van der Waals surface area contributed by atoms with Crippen LogP contribution in [0.1, 0.15) is 10.4 Å². The molecule has 0 atom stereocenters. The van der Waals surface area contributed by atoms with Gasteiger partial charge >= 0.3 is 0 Å². The molecule has 1 aliphatic rings. The molecule has 20 heavy (non-hydrogen) atoms. The monoisotopic (exact) mass is 297 g/mol. The SMILES string of the molecule is CNS(=O)(=O)c1cccc(C(=O)N2CCN(C)CC2)c1. The van der Waals surface area contributed by atoms with Gasteiger partial charge < -0.3 is 9.80 Å². The summed E-state index contributed by atoms with van der Waals surface area (Å²) in [5.41, 5.74) is 0.408. The van der Waals surface area contributed by atoms with Gasteiger partial charge in [0, 0.05) is 31.7 Å². The molecule has 1 N–H and O–H groups in total. The zero-order valence-electron chi connectivity index (χ0n) is 11.7. The van der Waals surface area contributed by atoms with Crippen LogP contribution in [0.15, 0.2) is 29.2 Å². The number of benzene rings is 1. The number of rotatable bonds is 3. The molecule has 7 heteroatoms. The highest BCUT2D eigenvalue weighted by molar-refractivity contribution is 7.89. The van der Waals surface area contributed by atoms with Crippen LogP contribution in [0, 0.1) is 0 Å². The molecule has 110 valence electrons. The van der Waals surface area contributed by atoms with Crippen molar-refractivity contribution >= 4 is 15.9 Å². The number of likely N-dealkylation sites (N-methyl/N-ethyl adjacent to an activating group) is 1. The highest BCUT2D eigenvalue weighted by Crippen LogP contribution is 2.14. The van der Waals surface area contributed by atoms with Crippen molar-refractivity contribution in [1.82, 2.24) is 14.5 Å². The first-order valence-corrected chi connectivity index (χ1v) is 7.94. The summed E-state index contributed by atoms with van der Waals surface area (Å²) in [5.74, 6) is -0.119. The third-order valence-electron chi connectivity index (χ3n) is 3.45. The molecule has 0 spiro atoms. The molecule has 0 radical (unpaired) electrons. The van der Waals surface area contributed by atoms with Crippen molar-refractivity contribution in [3.8, 4) is 0 Å². The minimum atomic E-state index is -3.52. The number of carbonyl (C=O) groups excluding carboxylic acids is 1. The second-order valence-corrected chi connectivity index (χ2v) is 6.72. The molecule has 1 heterocycles. The zero-order chi connectivity index (χ0) is 14.8. The quantitative estimate of drug-likeness (QED) is 0.851. The summed E-state index contributed by atoms with van der Waals surface area (Å²) in [7, 11) is -0.155. The lowest BCUT2D eigenvalue weighted by molar-refractivity contribution is 0.0664. The van der Waals surface area contributed by atoms with Crippen molar-refractivity contribution in [3.05, 3.63) is 29.8 Å². The number of carbonyl (C=O) groups is 1. The molecule has 1 amide bonds. The van der Waals surface area contributed by atoms with Crippen LogP contribution >= 0.6 is 0 Å². The fraction of sp³-hybridized carbons (Fsp3) is 0.462. The Labute approximate surface area is 119 Å². The van der Waals surface area contributed by atoms with E-state index < -0.39 is 10.0 Å². The molecule has 0 unspecified atom stereocenters. The van der Waals surface area contributed by atoms with Gasteiger partial charge in [-0.25, -0.2) is 13.1 Å². The van der Waals surface area contributed by atoms with Gasteiger partial charge in [-0.05, 0) is 32.3 Å². The maximum absolute atomic E-state index is 12.4. The summed E-state index contributed by atoms with van der Waals surface area (Å²) in [6.45, 7) is 3.00. The number of amides is 1. The Morgan fingerprint density at radius 2 is 1.85 bits per heavy atom. The van der Waals surface area contributed by atoms with Crippen molar-refractivity contribution < 1.29 is 13.2 Å². The number of hydrogen-bond donors (Lipinski definition) is 1. The van der Waals surface area contributed by atoms with Gasteiger partial charge in [0.2, 0.25) is 10.0 Å². The standard InChI is InChI=1S/C13H19N3O3S/c1-14-20(18,19)12-5-3-4-11(10-12)13(17)16-8-6-15(2)7-9-16/h3-5,10,14H,6-9H2,1-2H3. The van der Waals surface area contributed by atoms with Crippen LogP contribution in [-0.4, -0.2) is 64.4 Å². The van der Waals surface area contributed by atoms with Gasteiger partial charge in [0.1, 0.15) is 0 Å². The zero-order valence-corrected chi connectivity index (χ0v) is 12.5. The van der Waals surface area contributed by atoms with E-state index in [1.807, 2.05) is 7.05 Å². The largest absolute Gasteiger partial charge is 0.336 e. The lowest BCUT2D eigenvalue weighted by Crippen LogP contribution is -2.47. The molecule has 1 fully saturated rings. The Morgan fingerprint density at radius 3 is 2.45 bits per heavy atom. The predicted octanol–water partition coefficient (Wildman–Crippen LogP) is -0.0177. The van der Waals surface area contributed by atoms with Gasteiger partial charge in [0.15, 0.2) is 0 Å². The summed E-state index contributed by atoms with van der Waals surface area (Å²) in [6.07, 6.45) is 0. The van der Waals surface area contributed by atoms with Crippen molar-refractivity contribution in [1.29, 1.82) is 0 Å². The van der Waals surface area contributed by atoms with Crippen LogP contribution in [0.4, 0.5) is 0 Å². The maximum atomic E-state index is 12.4. The van der Waals surface area contributed by atoms with Crippen LogP contribution in [0.2, 0.25) is 0 Å². The summed E-state index contributed by atoms with van der Waals surface area (Å²) in [5, 5.41) is 0.